The van der Waals surface area contributed by atoms with Crippen LogP contribution in [0.15, 0.2) is 24.5 Å². The molecular formula is C33H49ClFN9O4S. The Hall–Kier alpha value is -2.69. The number of nitrogens with zero attached hydrogens (tertiary/aromatic N) is 8. The van der Waals surface area contributed by atoms with Gasteiger partial charge in [0.1, 0.15) is 17.9 Å². The molecule has 5 aliphatic heterocycles. The highest BCUT2D eigenvalue weighted by Crippen LogP contribution is 2.45. The third-order valence-electron chi connectivity index (χ3n) is 11.0. The van der Waals surface area contributed by atoms with Gasteiger partial charge in [0.2, 0.25) is 0 Å². The molecule has 1 aromatic carbocycles. The highest BCUT2D eigenvalue weighted by atomic mass is 35.5. The second kappa shape index (κ2) is 14.1. The minimum Gasteiger partial charge on any atom is -0.434 e. The van der Waals surface area contributed by atoms with Gasteiger partial charge in [0.05, 0.1) is 5.56 Å². The predicted octanol–water partition coefficient (Wildman–Crippen LogP) is 3.00. The summed E-state index contributed by atoms with van der Waals surface area (Å²) in [6.45, 7) is 14.8. The molecule has 1 amide bonds. The van der Waals surface area contributed by atoms with Gasteiger partial charge >= 0.3 is 0 Å². The normalized spacial score (nSPS) is 25.6. The van der Waals surface area contributed by atoms with Gasteiger partial charge in [-0.25, -0.2) is 9.37 Å². The summed E-state index contributed by atoms with van der Waals surface area (Å²) < 4.78 is 50.7. The van der Waals surface area contributed by atoms with E-state index in [2.05, 4.69) is 30.3 Å². The number of carbonyl (C=O) groups excluding carboxylic acids is 1. The maximum Gasteiger partial charge on any atom is 0.282 e. The van der Waals surface area contributed by atoms with Crippen molar-refractivity contribution in [2.24, 2.45) is 11.3 Å². The standard InChI is InChI=1S/C33H48FN9O4S.ClH/c1-22(2)43(23(3)4)32(44)28-13-25(34)5-6-29(28)47-31-30(36-21-37-38-31)40-19-33(20-40)8-11-39(12-9-33)16-24-7-10-41(17-24)48(45,46)42-18-26-14-27(42)15-35-26;/h5-6,13,21-24,26-27,35H,7-12,14-20H2,1-4H3;1H/t24-,26+,27+;/m1./s1. The number of hydrogen-bond acceptors (Lipinski definition) is 10. The largest absolute Gasteiger partial charge is 0.434 e. The molecule has 1 spiro atoms. The number of benzene rings is 1. The van der Waals surface area contributed by atoms with Crippen LogP contribution in [-0.4, -0.2) is 131 Å². The third-order valence-corrected chi connectivity index (χ3v) is 13.0. The number of aromatic nitrogens is 3. The molecule has 49 heavy (non-hydrogen) atoms. The Morgan fingerprint density at radius 3 is 2.51 bits per heavy atom. The molecule has 2 bridgehead atoms. The van der Waals surface area contributed by atoms with Crippen LogP contribution < -0.4 is 15.0 Å². The summed E-state index contributed by atoms with van der Waals surface area (Å²) >= 11 is 0. The minimum absolute atomic E-state index is 0. The van der Waals surface area contributed by atoms with E-state index in [1.54, 1.807) is 13.5 Å². The number of nitrogens with one attached hydrogen (secondary N) is 1. The van der Waals surface area contributed by atoms with Gasteiger partial charge < -0.3 is 24.8 Å². The first-order chi connectivity index (χ1) is 22.9. The average Bonchev–Trinajstić information content (AvgIpc) is 3.80. The molecule has 5 saturated heterocycles. The fourth-order valence-electron chi connectivity index (χ4n) is 8.52. The lowest BCUT2D eigenvalue weighted by molar-refractivity contribution is 0.0640. The van der Waals surface area contributed by atoms with Crippen LogP contribution in [0.25, 0.3) is 0 Å². The lowest BCUT2D eigenvalue weighted by atomic mass is 9.72. The predicted molar refractivity (Wildman–Crippen MR) is 186 cm³/mol. The lowest BCUT2D eigenvalue weighted by Crippen LogP contribution is -2.61. The van der Waals surface area contributed by atoms with Gasteiger partial charge in [-0.15, -0.1) is 22.6 Å². The van der Waals surface area contributed by atoms with Crippen molar-refractivity contribution in [1.82, 2.24) is 38.9 Å². The lowest BCUT2D eigenvalue weighted by Gasteiger charge is -2.54. The van der Waals surface area contributed by atoms with Crippen LogP contribution in [0.1, 0.15) is 63.7 Å². The number of amides is 1. The number of likely N-dealkylation sites (tertiary alicyclic amines) is 1. The Morgan fingerprint density at radius 2 is 1.86 bits per heavy atom. The second-order valence-electron chi connectivity index (χ2n) is 15.0. The van der Waals surface area contributed by atoms with Gasteiger partial charge in [-0.2, -0.15) is 17.0 Å². The maximum atomic E-state index is 14.4. The van der Waals surface area contributed by atoms with Gasteiger partial charge in [-0.1, -0.05) is 0 Å². The van der Waals surface area contributed by atoms with Crippen molar-refractivity contribution in [1.29, 1.82) is 0 Å². The first-order valence-corrected chi connectivity index (χ1v) is 18.8. The highest BCUT2D eigenvalue weighted by molar-refractivity contribution is 7.86. The smallest absolute Gasteiger partial charge is 0.282 e. The number of anilines is 1. The summed E-state index contributed by atoms with van der Waals surface area (Å²) in [5.74, 6) is 0.471. The van der Waals surface area contributed by atoms with Crippen molar-refractivity contribution in [2.75, 3.05) is 63.8 Å². The van der Waals surface area contributed by atoms with Crippen molar-refractivity contribution in [3.8, 4) is 11.6 Å². The Kier molecular flexibility index (Phi) is 10.4. The number of piperazine rings is 1. The van der Waals surface area contributed by atoms with Gasteiger partial charge in [0.25, 0.3) is 22.0 Å². The van der Waals surface area contributed by atoms with E-state index in [1.807, 2.05) is 27.7 Å². The molecule has 1 aromatic heterocycles. The number of piperidine rings is 1. The zero-order valence-corrected chi connectivity index (χ0v) is 30.4. The molecule has 5 fully saturated rings. The van der Waals surface area contributed by atoms with Gasteiger partial charge in [-0.05, 0) is 90.6 Å². The Labute approximate surface area is 295 Å². The number of ether oxygens (including phenoxy) is 1. The van der Waals surface area contributed by atoms with E-state index in [1.165, 1.54) is 24.5 Å². The summed E-state index contributed by atoms with van der Waals surface area (Å²) in [7, 11) is -3.39. The molecule has 0 saturated carbocycles. The molecule has 270 valence electrons. The Morgan fingerprint density at radius 1 is 1.12 bits per heavy atom. The Balaban J connectivity index is 0.00000417. The monoisotopic (exact) mass is 721 g/mol. The van der Waals surface area contributed by atoms with E-state index in [0.29, 0.717) is 37.4 Å². The fraction of sp³-hybridized carbons (Fsp3) is 0.697. The Bertz CT molecular complexity index is 1610. The van der Waals surface area contributed by atoms with Crippen LogP contribution >= 0.6 is 12.4 Å². The zero-order chi connectivity index (χ0) is 33.8. The molecule has 5 aliphatic rings. The van der Waals surface area contributed by atoms with Gasteiger partial charge in [0, 0.05) is 75.4 Å². The zero-order valence-electron chi connectivity index (χ0n) is 28.8. The van der Waals surface area contributed by atoms with Crippen molar-refractivity contribution in [3.63, 3.8) is 0 Å². The molecule has 0 radical (unpaired) electrons. The van der Waals surface area contributed by atoms with E-state index in [4.69, 9.17) is 4.74 Å². The number of halogens is 2. The van der Waals surface area contributed by atoms with E-state index < -0.39 is 16.0 Å². The van der Waals surface area contributed by atoms with E-state index in [-0.39, 0.29) is 59.0 Å². The molecule has 7 rings (SSSR count). The topological polar surface area (TPSA) is 127 Å². The molecule has 16 heteroatoms. The summed E-state index contributed by atoms with van der Waals surface area (Å²) in [6, 6.07) is 4.19. The van der Waals surface area contributed by atoms with E-state index in [9.17, 15) is 17.6 Å². The van der Waals surface area contributed by atoms with Crippen LogP contribution in [0.2, 0.25) is 0 Å². The summed E-state index contributed by atoms with van der Waals surface area (Å²) in [5, 5.41) is 11.6. The average molecular weight is 722 g/mol. The summed E-state index contributed by atoms with van der Waals surface area (Å²) in [6.07, 6.45) is 5.33. The number of hydrogen-bond donors (Lipinski definition) is 1. The quantitative estimate of drug-likeness (QED) is 0.391. The summed E-state index contributed by atoms with van der Waals surface area (Å²) in [5.41, 5.74) is 0.295. The summed E-state index contributed by atoms with van der Waals surface area (Å²) in [4.78, 5) is 24.4. The van der Waals surface area contributed by atoms with E-state index in [0.717, 1.165) is 65.0 Å². The molecule has 2 aromatic rings. The highest BCUT2D eigenvalue weighted by Gasteiger charge is 2.49. The number of carbonyl (C=O) groups is 1. The first-order valence-electron chi connectivity index (χ1n) is 17.4. The van der Waals surface area contributed by atoms with Crippen LogP contribution in [0.4, 0.5) is 10.2 Å². The van der Waals surface area contributed by atoms with Gasteiger partial charge in [0.15, 0.2) is 5.82 Å². The molecule has 0 unspecified atom stereocenters. The molecule has 3 atom stereocenters. The molecule has 0 aliphatic carbocycles. The minimum atomic E-state index is -3.39. The van der Waals surface area contributed by atoms with Crippen LogP contribution in [-0.2, 0) is 10.2 Å². The number of rotatable bonds is 10. The molecular weight excluding hydrogens is 673 g/mol. The molecule has 13 nitrogen and oxygen atoms in total. The van der Waals surface area contributed by atoms with Gasteiger partial charge in [-0.3, -0.25) is 4.79 Å². The van der Waals surface area contributed by atoms with Crippen molar-refractivity contribution >= 4 is 34.3 Å². The van der Waals surface area contributed by atoms with Crippen molar-refractivity contribution < 1.29 is 22.3 Å². The molecule has 1 N–H and O–H groups in total. The van der Waals surface area contributed by atoms with Crippen LogP contribution in [0.3, 0.4) is 0 Å². The fourth-order valence-corrected chi connectivity index (χ4v) is 10.5. The van der Waals surface area contributed by atoms with Crippen LogP contribution in [0, 0.1) is 17.2 Å². The SMILES string of the molecule is CC(C)N(C(=O)c1cc(F)ccc1Oc1nncnc1N1CC2(CCN(C[C@H]3CCN(S(=O)(=O)N4C[C@@H]5C[C@H]4CN5)C3)CC2)C1)C(C)C.Cl. The first kappa shape index (κ1) is 36.1. The van der Waals surface area contributed by atoms with Crippen molar-refractivity contribution in [2.45, 2.75) is 77.5 Å². The second-order valence-corrected chi connectivity index (χ2v) is 16.9. The van der Waals surface area contributed by atoms with Crippen LogP contribution in [0.5, 0.6) is 11.6 Å². The van der Waals surface area contributed by atoms with E-state index >= 15 is 0 Å². The van der Waals surface area contributed by atoms with Crippen molar-refractivity contribution in [3.05, 3.63) is 35.9 Å². The maximum absolute atomic E-state index is 14.4. The number of fused-ring (bicyclic) bond motifs is 2. The third kappa shape index (κ3) is 7.11. The molecule has 6 heterocycles.